The summed E-state index contributed by atoms with van der Waals surface area (Å²) in [6.07, 6.45) is -2.38. The monoisotopic (exact) mass is 602 g/mol. The van der Waals surface area contributed by atoms with Gasteiger partial charge in [0, 0.05) is 13.1 Å². The molecule has 0 bridgehead atoms. The van der Waals surface area contributed by atoms with E-state index in [-0.39, 0.29) is 39.1 Å². The van der Waals surface area contributed by atoms with Gasteiger partial charge < -0.3 is 20.4 Å². The number of benzene rings is 4. The molecule has 4 N–H and O–H groups in total. The van der Waals surface area contributed by atoms with Gasteiger partial charge >= 0.3 is 0 Å². The van der Waals surface area contributed by atoms with Crippen molar-refractivity contribution in [1.82, 2.24) is 8.61 Å². The van der Waals surface area contributed by atoms with Crippen LogP contribution in [-0.2, 0) is 49.4 Å². The van der Waals surface area contributed by atoms with Gasteiger partial charge in [0.1, 0.15) is 0 Å². The minimum Gasteiger partial charge on any atom is -0.392 e. The smallest absolute Gasteiger partial charge is 0.283 e. The summed E-state index contributed by atoms with van der Waals surface area (Å²) in [7, 11) is -4.29. The molecule has 1 heterocycles. The van der Waals surface area contributed by atoms with Crippen LogP contribution in [0.2, 0.25) is 0 Å². The summed E-state index contributed by atoms with van der Waals surface area (Å²) >= 11 is 0. The van der Waals surface area contributed by atoms with Crippen molar-refractivity contribution in [3.63, 3.8) is 0 Å². The molecule has 0 spiro atoms. The summed E-state index contributed by atoms with van der Waals surface area (Å²) in [5.41, 5.74) is 4.46. The second kappa shape index (κ2) is 13.9. The second-order valence-corrected chi connectivity index (χ2v) is 12.9. The first-order valence-electron chi connectivity index (χ1n) is 14.4. The van der Waals surface area contributed by atoms with Crippen molar-refractivity contribution in [2.45, 2.75) is 63.4 Å². The first-order chi connectivity index (χ1) is 20.8. The van der Waals surface area contributed by atoms with Gasteiger partial charge in [-0.1, -0.05) is 109 Å². The second-order valence-electron chi connectivity index (χ2n) is 11.0. The lowest BCUT2D eigenvalue weighted by atomic mass is 9.91. The van der Waals surface area contributed by atoms with Crippen LogP contribution in [0.1, 0.15) is 33.4 Å². The van der Waals surface area contributed by atoms with E-state index in [9.17, 15) is 28.8 Å². The third-order valence-corrected chi connectivity index (χ3v) is 10.1. The van der Waals surface area contributed by atoms with Crippen LogP contribution in [0.5, 0.6) is 0 Å². The van der Waals surface area contributed by atoms with Crippen LogP contribution in [0.25, 0.3) is 0 Å². The summed E-state index contributed by atoms with van der Waals surface area (Å²) in [5, 5.41) is 42.6. The van der Waals surface area contributed by atoms with E-state index in [2.05, 4.69) is 0 Å². The maximum atomic E-state index is 14.8. The molecule has 8 nitrogen and oxygen atoms in total. The summed E-state index contributed by atoms with van der Waals surface area (Å²) in [4.78, 5) is 0. The van der Waals surface area contributed by atoms with Crippen LogP contribution < -0.4 is 0 Å². The fraction of sp³-hybridized carbons (Fsp3) is 0.294. The molecule has 4 aromatic carbocycles. The Morgan fingerprint density at radius 2 is 0.814 bits per heavy atom. The van der Waals surface area contributed by atoms with E-state index in [4.69, 9.17) is 0 Å². The molecule has 0 aromatic heterocycles. The van der Waals surface area contributed by atoms with E-state index >= 15 is 0 Å². The number of aliphatic hydroxyl groups excluding tert-OH is 4. The highest BCUT2D eigenvalue weighted by atomic mass is 32.2. The lowest BCUT2D eigenvalue weighted by Gasteiger charge is -2.34. The van der Waals surface area contributed by atoms with Gasteiger partial charge in [-0.25, -0.2) is 0 Å². The lowest BCUT2D eigenvalue weighted by Crippen LogP contribution is -2.50. The number of nitrogens with zero attached hydrogens (tertiary/aromatic N) is 2. The van der Waals surface area contributed by atoms with Crippen molar-refractivity contribution in [3.8, 4) is 0 Å². The zero-order chi connectivity index (χ0) is 30.4. The Morgan fingerprint density at radius 3 is 1.14 bits per heavy atom. The number of rotatable bonds is 10. The van der Waals surface area contributed by atoms with Crippen LogP contribution in [0.3, 0.4) is 0 Å². The van der Waals surface area contributed by atoms with Crippen molar-refractivity contribution < 1.29 is 28.8 Å². The van der Waals surface area contributed by atoms with Gasteiger partial charge in [0.25, 0.3) is 10.2 Å². The van der Waals surface area contributed by atoms with Gasteiger partial charge in [0.2, 0.25) is 0 Å². The van der Waals surface area contributed by atoms with Gasteiger partial charge in [-0.15, -0.1) is 0 Å². The molecular formula is C34H38N2O6S. The maximum absolute atomic E-state index is 14.8. The van der Waals surface area contributed by atoms with E-state index in [0.29, 0.717) is 22.3 Å². The molecule has 0 unspecified atom stereocenters. The Kier molecular flexibility index (Phi) is 10.0. The minimum atomic E-state index is -4.29. The molecule has 0 radical (unpaired) electrons. The molecule has 1 aliphatic rings. The maximum Gasteiger partial charge on any atom is 0.283 e. The van der Waals surface area contributed by atoms with Crippen molar-refractivity contribution in [1.29, 1.82) is 0 Å². The number of hydrogen-bond donors (Lipinski definition) is 4. The zero-order valence-electron chi connectivity index (χ0n) is 23.9. The SMILES string of the molecule is O=S1(=O)N(Cc2ccc(CO)cc2)[C@H](Cc2ccccc2)[C@H](O)[C@@H](O)[C@@H](Cc2ccccc2)N1Cc1ccc(CO)cc1. The predicted octanol–water partition coefficient (Wildman–Crippen LogP) is 3.18. The molecule has 4 aromatic rings. The molecular weight excluding hydrogens is 564 g/mol. The molecule has 1 saturated heterocycles. The Labute approximate surface area is 253 Å². The Hall–Kier alpha value is -3.41. The highest BCUT2D eigenvalue weighted by Crippen LogP contribution is 2.33. The topological polar surface area (TPSA) is 122 Å². The fourth-order valence-corrected chi connectivity index (χ4v) is 7.66. The molecule has 5 rings (SSSR count). The molecule has 226 valence electrons. The van der Waals surface area contributed by atoms with Crippen LogP contribution in [0.15, 0.2) is 109 Å². The van der Waals surface area contributed by atoms with E-state index in [1.807, 2.05) is 60.7 Å². The van der Waals surface area contributed by atoms with E-state index in [1.165, 1.54) is 8.61 Å². The van der Waals surface area contributed by atoms with E-state index in [0.717, 1.165) is 11.1 Å². The first kappa shape index (κ1) is 31.0. The Balaban J connectivity index is 1.62. The van der Waals surface area contributed by atoms with Crippen LogP contribution in [0.4, 0.5) is 0 Å². The molecule has 1 fully saturated rings. The van der Waals surface area contributed by atoms with Gasteiger partial charge in [-0.2, -0.15) is 17.0 Å². The van der Waals surface area contributed by atoms with Crippen molar-refractivity contribution >= 4 is 10.2 Å². The number of aliphatic hydroxyl groups is 4. The van der Waals surface area contributed by atoms with E-state index < -0.39 is 34.5 Å². The fourth-order valence-electron chi connectivity index (χ4n) is 5.69. The van der Waals surface area contributed by atoms with Gasteiger partial charge in [-0.3, -0.25) is 0 Å². The van der Waals surface area contributed by atoms with Gasteiger partial charge in [0.05, 0.1) is 37.5 Å². The highest BCUT2D eigenvalue weighted by molar-refractivity contribution is 7.86. The molecule has 43 heavy (non-hydrogen) atoms. The first-order valence-corrected chi connectivity index (χ1v) is 15.8. The quantitative estimate of drug-likeness (QED) is 0.221. The normalized spacial score (nSPS) is 22.7. The summed E-state index contributed by atoms with van der Waals surface area (Å²) in [6.45, 7) is -0.331. The molecule has 1 aliphatic heterocycles. The zero-order valence-corrected chi connectivity index (χ0v) is 24.7. The van der Waals surface area contributed by atoms with Crippen LogP contribution in [-0.4, -0.2) is 61.7 Å². The van der Waals surface area contributed by atoms with E-state index in [1.54, 1.807) is 48.5 Å². The number of hydrogen-bond acceptors (Lipinski definition) is 6. The molecule has 9 heteroatoms. The highest BCUT2D eigenvalue weighted by Gasteiger charge is 2.50. The van der Waals surface area contributed by atoms with Gasteiger partial charge in [0.15, 0.2) is 0 Å². The lowest BCUT2D eigenvalue weighted by molar-refractivity contribution is -0.0408. The molecule has 0 amide bonds. The third-order valence-electron chi connectivity index (χ3n) is 8.13. The summed E-state index contributed by atoms with van der Waals surface area (Å²) < 4.78 is 32.3. The molecule has 0 saturated carbocycles. The van der Waals surface area contributed by atoms with Crippen molar-refractivity contribution in [3.05, 3.63) is 143 Å². The summed E-state index contributed by atoms with van der Waals surface area (Å²) in [6, 6.07) is 30.9. The standard InChI is InChI=1S/C34H38N2O6S/c37-23-29-15-11-27(12-16-29)21-35-31(19-25-7-3-1-4-8-25)33(39)34(40)32(20-26-9-5-2-6-10-26)36(43(35,41)42)22-28-13-17-30(24-38)18-14-28/h1-18,31-34,37-40H,19-24H2/t31-,32-,33+,34+/m1/s1. The van der Waals surface area contributed by atoms with Crippen molar-refractivity contribution in [2.24, 2.45) is 0 Å². The molecule has 0 aliphatic carbocycles. The van der Waals surface area contributed by atoms with Crippen LogP contribution >= 0.6 is 0 Å². The van der Waals surface area contributed by atoms with Crippen LogP contribution in [0, 0.1) is 0 Å². The van der Waals surface area contributed by atoms with Crippen molar-refractivity contribution in [2.75, 3.05) is 0 Å². The Morgan fingerprint density at radius 1 is 0.488 bits per heavy atom. The average molecular weight is 603 g/mol. The summed E-state index contributed by atoms with van der Waals surface area (Å²) in [5.74, 6) is 0. The Bertz CT molecular complexity index is 1440. The average Bonchev–Trinajstić information content (AvgIpc) is 3.09. The van der Waals surface area contributed by atoms with Gasteiger partial charge in [-0.05, 0) is 46.2 Å². The largest absolute Gasteiger partial charge is 0.392 e. The molecule has 4 atom stereocenters. The predicted molar refractivity (Wildman–Crippen MR) is 165 cm³/mol. The third kappa shape index (κ3) is 7.22. The minimum absolute atomic E-state index is 0.0344.